The average molecular weight is 207 g/mol. The molecule has 1 heterocycles. The van der Waals surface area contributed by atoms with Gasteiger partial charge in [-0.3, -0.25) is 0 Å². The Hall–Kier alpha value is -1.95. The molecule has 6 N–H and O–H groups in total. The maximum Gasteiger partial charge on any atom is 0.221 e. The van der Waals surface area contributed by atoms with Crippen molar-refractivity contribution in [2.45, 2.75) is 0 Å². The van der Waals surface area contributed by atoms with Crippen LogP contribution >= 0.6 is 0 Å². The largest absolute Gasteiger partial charge is 0.372 e. The Morgan fingerprint density at radius 1 is 1.67 bits per heavy atom. The summed E-state index contributed by atoms with van der Waals surface area (Å²) >= 11 is 0. The van der Waals surface area contributed by atoms with Crippen molar-refractivity contribution < 1.29 is 5.32 Å². The minimum atomic E-state index is 0.230. The maximum atomic E-state index is 7.05. The molecule has 0 aliphatic heterocycles. The molecule has 1 aromatic heterocycles. The first-order valence-electron chi connectivity index (χ1n) is 4.53. The minimum absolute atomic E-state index is 0.230. The first-order chi connectivity index (χ1) is 7.22. The van der Waals surface area contributed by atoms with Crippen LogP contribution in [0.25, 0.3) is 5.70 Å². The van der Waals surface area contributed by atoms with Crippen molar-refractivity contribution in [1.82, 2.24) is 9.97 Å². The highest BCUT2D eigenvalue weighted by molar-refractivity contribution is 5.82. The molecule has 0 saturated carbocycles. The summed E-state index contributed by atoms with van der Waals surface area (Å²) in [5, 5.41) is 11.9. The second-order valence-corrected chi connectivity index (χ2v) is 2.82. The van der Waals surface area contributed by atoms with Gasteiger partial charge in [-0.1, -0.05) is 0 Å². The maximum absolute atomic E-state index is 7.05. The molecule has 0 atom stereocenters. The van der Waals surface area contributed by atoms with Crippen molar-refractivity contribution in [2.75, 3.05) is 25.1 Å². The van der Waals surface area contributed by atoms with Crippen LogP contribution in [0.2, 0.25) is 0 Å². The molecule has 0 aliphatic rings. The predicted molar refractivity (Wildman–Crippen MR) is 60.6 cm³/mol. The fraction of sp³-hybridized carbons (Fsp3) is 0.222. The highest BCUT2D eigenvalue weighted by Crippen LogP contribution is 2.16. The van der Waals surface area contributed by atoms with Gasteiger partial charge in [-0.05, 0) is 0 Å². The van der Waals surface area contributed by atoms with E-state index in [0.29, 0.717) is 5.82 Å². The van der Waals surface area contributed by atoms with Gasteiger partial charge in [0.25, 0.3) is 0 Å². The molecule has 0 amide bonds. The Morgan fingerprint density at radius 3 is 2.93 bits per heavy atom. The van der Waals surface area contributed by atoms with Crippen LogP contribution in [0.5, 0.6) is 0 Å². The Balaban J connectivity index is 3.22. The number of nitrogens with one attached hydrogen (secondary N) is 2. The van der Waals surface area contributed by atoms with Crippen LogP contribution in [-0.4, -0.2) is 30.3 Å². The Kier molecular flexibility index (Phi) is 3.75. The van der Waals surface area contributed by atoms with Gasteiger partial charge in [0.15, 0.2) is 0 Å². The average Bonchev–Trinajstić information content (AvgIpc) is 2.26. The van der Waals surface area contributed by atoms with Gasteiger partial charge < -0.3 is 21.8 Å². The van der Waals surface area contributed by atoms with Gasteiger partial charge in [0.1, 0.15) is 11.5 Å². The van der Waals surface area contributed by atoms with Crippen molar-refractivity contribution >= 4 is 23.7 Å². The van der Waals surface area contributed by atoms with Crippen LogP contribution in [0.4, 0.5) is 11.8 Å². The van der Waals surface area contributed by atoms with E-state index in [4.69, 9.17) is 11.1 Å². The van der Waals surface area contributed by atoms with E-state index in [1.54, 1.807) is 19.3 Å². The van der Waals surface area contributed by atoms with Crippen LogP contribution in [0.3, 0.4) is 0 Å². The summed E-state index contributed by atoms with van der Waals surface area (Å²) < 4.78 is 0. The van der Waals surface area contributed by atoms with Gasteiger partial charge in [0, 0.05) is 25.5 Å². The molecule has 0 aliphatic carbocycles. The Bertz CT molecular complexity index is 384. The summed E-state index contributed by atoms with van der Waals surface area (Å²) in [6, 6.07) is 0. The number of quaternary nitrogens is 1. The molecule has 80 valence electrons. The highest BCUT2D eigenvalue weighted by Gasteiger charge is 2.11. The second-order valence-electron chi connectivity index (χ2n) is 2.82. The van der Waals surface area contributed by atoms with Crippen molar-refractivity contribution in [3.05, 3.63) is 17.8 Å². The fourth-order valence-electron chi connectivity index (χ4n) is 1.23. The third-order valence-electron chi connectivity index (χ3n) is 1.93. The molecule has 0 aromatic carbocycles. The fourth-order valence-corrected chi connectivity index (χ4v) is 1.23. The molecule has 15 heavy (non-hydrogen) atoms. The van der Waals surface area contributed by atoms with E-state index in [2.05, 4.69) is 15.3 Å². The molecule has 1 aromatic rings. The summed E-state index contributed by atoms with van der Waals surface area (Å²) in [6.45, 7) is 0. The predicted octanol–water partition coefficient (Wildman–Crippen LogP) is -0.716. The normalized spacial score (nSPS) is 11.2. The zero-order valence-corrected chi connectivity index (χ0v) is 8.78. The van der Waals surface area contributed by atoms with E-state index >= 15 is 0 Å². The number of hydrogen-bond donors (Lipinski definition) is 4. The Morgan fingerprint density at radius 2 is 2.40 bits per heavy atom. The molecule has 0 radical (unpaired) electrons. The van der Waals surface area contributed by atoms with Gasteiger partial charge in [-0.15, -0.1) is 0 Å². The van der Waals surface area contributed by atoms with Gasteiger partial charge in [-0.2, -0.15) is 4.98 Å². The van der Waals surface area contributed by atoms with Gasteiger partial charge >= 0.3 is 0 Å². The zero-order chi connectivity index (χ0) is 11.3. The van der Waals surface area contributed by atoms with E-state index < -0.39 is 0 Å². The summed E-state index contributed by atoms with van der Waals surface area (Å²) in [4.78, 5) is 7.99. The number of nitrogens with zero attached hydrogens (tertiary/aromatic N) is 2. The molecule has 0 bridgehead atoms. The first kappa shape index (κ1) is 11.1. The topological polar surface area (TPSA) is 104 Å². The SMILES string of the molecule is CNc1nc(N)ncc1C(=CC=N)[NH2+]C. The van der Waals surface area contributed by atoms with Gasteiger partial charge in [-0.25, -0.2) is 4.98 Å². The summed E-state index contributed by atoms with van der Waals surface area (Å²) in [7, 11) is 3.66. The summed E-state index contributed by atoms with van der Waals surface area (Å²) in [5.74, 6) is 0.891. The van der Waals surface area contributed by atoms with Crippen LogP contribution < -0.4 is 16.4 Å². The lowest BCUT2D eigenvalue weighted by molar-refractivity contribution is -0.530. The number of nitrogens with two attached hydrogens (primary N) is 2. The number of rotatable bonds is 4. The van der Waals surface area contributed by atoms with E-state index in [0.717, 1.165) is 11.3 Å². The summed E-state index contributed by atoms with van der Waals surface area (Å²) in [5.41, 5.74) is 7.20. The third-order valence-corrected chi connectivity index (χ3v) is 1.93. The van der Waals surface area contributed by atoms with E-state index in [-0.39, 0.29) is 5.95 Å². The third kappa shape index (κ3) is 2.50. The van der Waals surface area contributed by atoms with Crippen LogP contribution in [0.1, 0.15) is 5.56 Å². The van der Waals surface area contributed by atoms with Gasteiger partial charge in [0.05, 0.1) is 12.6 Å². The summed E-state index contributed by atoms with van der Waals surface area (Å²) in [6.07, 6.45) is 4.55. The quantitative estimate of drug-likeness (QED) is 0.489. The molecule has 0 saturated heterocycles. The Labute approximate surface area is 88.1 Å². The van der Waals surface area contributed by atoms with Crippen molar-refractivity contribution in [3.8, 4) is 0 Å². The monoisotopic (exact) mass is 207 g/mol. The van der Waals surface area contributed by atoms with Gasteiger partial charge in [0.2, 0.25) is 5.95 Å². The van der Waals surface area contributed by atoms with Crippen LogP contribution in [-0.2, 0) is 0 Å². The highest BCUT2D eigenvalue weighted by atomic mass is 15.1. The van der Waals surface area contributed by atoms with E-state index in [9.17, 15) is 0 Å². The molecule has 0 spiro atoms. The molecular formula is C9H15N6+. The molecule has 6 nitrogen and oxygen atoms in total. The smallest absolute Gasteiger partial charge is 0.221 e. The lowest BCUT2D eigenvalue weighted by atomic mass is 10.2. The lowest BCUT2D eigenvalue weighted by Crippen LogP contribution is -2.76. The van der Waals surface area contributed by atoms with Crippen molar-refractivity contribution in [1.29, 1.82) is 5.41 Å². The molecule has 6 heteroatoms. The molecule has 0 unspecified atom stereocenters. The first-order valence-corrected chi connectivity index (χ1v) is 4.53. The standard InChI is InChI=1S/C9H14N6/c1-12-7(3-4-10)6-5-14-9(11)15-8(6)13-2/h3-5,10,12H,1-2H3,(H3,11,13,14,15)/p+1. The number of allylic oxidation sites excluding steroid dienone is 1. The van der Waals surface area contributed by atoms with Crippen molar-refractivity contribution in [3.63, 3.8) is 0 Å². The van der Waals surface area contributed by atoms with E-state index in [1.807, 2.05) is 12.4 Å². The number of nitrogen functional groups attached to an aromatic ring is 1. The van der Waals surface area contributed by atoms with Crippen LogP contribution in [0, 0.1) is 5.41 Å². The zero-order valence-electron chi connectivity index (χ0n) is 8.78. The number of aromatic nitrogens is 2. The molecular weight excluding hydrogens is 192 g/mol. The minimum Gasteiger partial charge on any atom is -0.372 e. The number of hydrogen-bond acceptors (Lipinski definition) is 5. The van der Waals surface area contributed by atoms with Crippen LogP contribution in [0.15, 0.2) is 12.3 Å². The number of anilines is 2. The van der Waals surface area contributed by atoms with Crippen molar-refractivity contribution in [2.24, 2.45) is 0 Å². The molecule has 0 fully saturated rings. The lowest BCUT2D eigenvalue weighted by Gasteiger charge is -2.07. The van der Waals surface area contributed by atoms with E-state index in [1.165, 1.54) is 6.21 Å². The molecule has 1 rings (SSSR count). The second kappa shape index (κ2) is 5.06.